The first-order valence-corrected chi connectivity index (χ1v) is 7.40. The highest BCUT2D eigenvalue weighted by Crippen LogP contribution is 2.25. The van der Waals surface area contributed by atoms with Crippen molar-refractivity contribution < 1.29 is 4.79 Å². The van der Waals surface area contributed by atoms with E-state index in [4.69, 9.17) is 0 Å². The third kappa shape index (κ3) is 2.12. The summed E-state index contributed by atoms with van der Waals surface area (Å²) < 4.78 is 1.94. The number of fused-ring (bicyclic) bond motifs is 2. The van der Waals surface area contributed by atoms with Gasteiger partial charge >= 0.3 is 0 Å². The molecule has 3 heterocycles. The second-order valence-electron chi connectivity index (χ2n) is 5.51. The lowest BCUT2D eigenvalue weighted by Crippen LogP contribution is -2.14. The van der Waals surface area contributed by atoms with Gasteiger partial charge in [0.25, 0.3) is 5.91 Å². The van der Waals surface area contributed by atoms with Crippen molar-refractivity contribution in [3.8, 4) is 6.07 Å². The number of benzene rings is 1. The van der Waals surface area contributed by atoms with Crippen molar-refractivity contribution in [2.24, 2.45) is 0 Å². The Morgan fingerprint density at radius 3 is 3.04 bits per heavy atom. The van der Waals surface area contributed by atoms with Crippen molar-refractivity contribution in [1.29, 1.82) is 5.26 Å². The molecule has 23 heavy (non-hydrogen) atoms. The van der Waals surface area contributed by atoms with Crippen molar-refractivity contribution in [2.75, 3.05) is 5.32 Å². The minimum Gasteiger partial charge on any atom is -0.380 e. The highest BCUT2D eigenvalue weighted by Gasteiger charge is 2.22. The first-order chi connectivity index (χ1) is 11.3. The first kappa shape index (κ1) is 13.4. The predicted octanol–water partition coefficient (Wildman–Crippen LogP) is 2.67. The van der Waals surface area contributed by atoms with E-state index >= 15 is 0 Å². The Morgan fingerprint density at radius 2 is 2.17 bits per heavy atom. The maximum Gasteiger partial charge on any atom is 0.253 e. The predicted molar refractivity (Wildman–Crippen MR) is 87.1 cm³/mol. The fraction of sp³-hybridized carbons (Fsp3) is 0.111. The molecule has 1 aliphatic rings. The minimum absolute atomic E-state index is 0.0503. The summed E-state index contributed by atoms with van der Waals surface area (Å²) in [5, 5.41) is 15.6. The van der Waals surface area contributed by atoms with Gasteiger partial charge in [-0.15, -0.1) is 0 Å². The van der Waals surface area contributed by atoms with Gasteiger partial charge in [0.1, 0.15) is 6.07 Å². The average Bonchev–Trinajstić information content (AvgIpc) is 3.13. The van der Waals surface area contributed by atoms with Crippen LogP contribution in [-0.4, -0.2) is 10.3 Å². The fourth-order valence-electron chi connectivity index (χ4n) is 3.06. The number of nitrogens with one attached hydrogen (secondary N) is 2. The van der Waals surface area contributed by atoms with Gasteiger partial charge < -0.3 is 15.0 Å². The highest BCUT2D eigenvalue weighted by atomic mass is 16.1. The van der Waals surface area contributed by atoms with Gasteiger partial charge in [-0.05, 0) is 23.8 Å². The van der Waals surface area contributed by atoms with E-state index in [0.717, 1.165) is 22.3 Å². The van der Waals surface area contributed by atoms with E-state index in [1.807, 2.05) is 53.2 Å². The van der Waals surface area contributed by atoms with Crippen LogP contribution in [0.1, 0.15) is 27.0 Å². The molecule has 5 heteroatoms. The molecule has 0 saturated heterocycles. The van der Waals surface area contributed by atoms with Crippen molar-refractivity contribution in [3.05, 3.63) is 71.0 Å². The van der Waals surface area contributed by atoms with Crippen molar-refractivity contribution >= 4 is 17.1 Å². The topological polar surface area (TPSA) is 69.3 Å². The number of nitrogens with zero attached hydrogens (tertiary/aromatic N) is 2. The van der Waals surface area contributed by atoms with Crippen molar-refractivity contribution in [2.45, 2.75) is 13.1 Å². The van der Waals surface area contributed by atoms with E-state index in [2.05, 4.69) is 16.7 Å². The zero-order chi connectivity index (χ0) is 15.8. The summed E-state index contributed by atoms with van der Waals surface area (Å²) in [4.78, 5) is 12.0. The quantitative estimate of drug-likeness (QED) is 0.781. The molecule has 0 spiro atoms. The van der Waals surface area contributed by atoms with Crippen molar-refractivity contribution in [3.63, 3.8) is 0 Å². The molecule has 0 fully saturated rings. The molecule has 0 aliphatic carbocycles. The van der Waals surface area contributed by atoms with Gasteiger partial charge in [0.05, 0.1) is 16.6 Å². The third-order valence-electron chi connectivity index (χ3n) is 4.16. The maximum absolute atomic E-state index is 12.0. The zero-order valence-electron chi connectivity index (χ0n) is 12.3. The monoisotopic (exact) mass is 302 g/mol. The Kier molecular flexibility index (Phi) is 3.02. The maximum atomic E-state index is 12.0. The average molecular weight is 302 g/mol. The molecule has 0 saturated carbocycles. The summed E-state index contributed by atoms with van der Waals surface area (Å²) in [6.07, 6.45) is 3.87. The van der Waals surface area contributed by atoms with E-state index in [-0.39, 0.29) is 5.91 Å². The van der Waals surface area contributed by atoms with E-state index in [1.54, 1.807) is 0 Å². The van der Waals surface area contributed by atoms with Gasteiger partial charge in [0.2, 0.25) is 0 Å². The van der Waals surface area contributed by atoms with Gasteiger partial charge in [0.15, 0.2) is 0 Å². The number of amides is 1. The van der Waals surface area contributed by atoms with E-state index in [0.29, 0.717) is 24.2 Å². The Hall–Kier alpha value is -3.26. The number of carbonyl (C=O) groups is 1. The van der Waals surface area contributed by atoms with Gasteiger partial charge in [0, 0.05) is 36.7 Å². The first-order valence-electron chi connectivity index (χ1n) is 7.40. The van der Waals surface area contributed by atoms with Crippen LogP contribution >= 0.6 is 0 Å². The van der Waals surface area contributed by atoms with Crippen LogP contribution < -0.4 is 10.6 Å². The second-order valence-corrected chi connectivity index (χ2v) is 5.51. The molecule has 112 valence electrons. The number of nitriles is 1. The Labute approximate surface area is 133 Å². The molecule has 1 aromatic carbocycles. The lowest BCUT2D eigenvalue weighted by Gasteiger charge is -2.09. The molecule has 0 atom stereocenters. The molecule has 1 amide bonds. The van der Waals surface area contributed by atoms with E-state index in [9.17, 15) is 10.1 Å². The lowest BCUT2D eigenvalue weighted by molar-refractivity contribution is 0.0966. The van der Waals surface area contributed by atoms with Crippen LogP contribution in [0.15, 0.2) is 48.8 Å². The second kappa shape index (κ2) is 5.18. The fourth-order valence-corrected chi connectivity index (χ4v) is 3.06. The molecule has 0 radical (unpaired) electrons. The molecular weight excluding hydrogens is 288 g/mol. The number of anilines is 1. The third-order valence-corrected chi connectivity index (χ3v) is 4.16. The molecule has 3 aromatic rings. The molecule has 4 rings (SSSR count). The van der Waals surface area contributed by atoms with Gasteiger partial charge in [-0.2, -0.15) is 5.26 Å². The standard InChI is InChI=1S/C18H14N4O/c19-8-14-13(11-22-7-2-1-6-16(14)22)10-20-15-5-3-4-12-9-21-18(23)17(12)15/h1-7,11,20H,9-10H2,(H,21,23). The zero-order valence-corrected chi connectivity index (χ0v) is 12.3. The van der Waals surface area contributed by atoms with Crippen LogP contribution in [0, 0.1) is 11.3 Å². The largest absolute Gasteiger partial charge is 0.380 e. The number of hydrogen-bond donors (Lipinski definition) is 2. The number of rotatable bonds is 3. The molecule has 2 N–H and O–H groups in total. The molecular formula is C18H14N4O. The molecule has 1 aliphatic heterocycles. The van der Waals surface area contributed by atoms with Crippen LogP contribution in [0.3, 0.4) is 0 Å². The summed E-state index contributed by atoms with van der Waals surface area (Å²) in [6.45, 7) is 1.07. The number of pyridine rings is 1. The Balaban J connectivity index is 1.68. The SMILES string of the molecule is N#Cc1c(CNc2cccc3c2C(=O)NC3)cn2ccccc12. The van der Waals surface area contributed by atoms with Gasteiger partial charge in [-0.1, -0.05) is 18.2 Å². The van der Waals surface area contributed by atoms with Crippen LogP contribution in [0.2, 0.25) is 0 Å². The van der Waals surface area contributed by atoms with Crippen molar-refractivity contribution in [1.82, 2.24) is 9.72 Å². The van der Waals surface area contributed by atoms with E-state index in [1.165, 1.54) is 0 Å². The summed E-state index contributed by atoms with van der Waals surface area (Å²) in [5.41, 5.74) is 4.97. The highest BCUT2D eigenvalue weighted by molar-refractivity contribution is 6.03. The summed E-state index contributed by atoms with van der Waals surface area (Å²) in [6, 6.07) is 13.8. The molecule has 5 nitrogen and oxygen atoms in total. The van der Waals surface area contributed by atoms with Crippen LogP contribution in [0.4, 0.5) is 5.69 Å². The van der Waals surface area contributed by atoms with E-state index < -0.39 is 0 Å². The summed E-state index contributed by atoms with van der Waals surface area (Å²) >= 11 is 0. The van der Waals surface area contributed by atoms with Crippen LogP contribution in [-0.2, 0) is 13.1 Å². The van der Waals surface area contributed by atoms with Gasteiger partial charge in [-0.25, -0.2) is 0 Å². The van der Waals surface area contributed by atoms with Crippen LogP contribution in [0.25, 0.3) is 5.52 Å². The smallest absolute Gasteiger partial charge is 0.253 e. The summed E-state index contributed by atoms with van der Waals surface area (Å²) in [5.74, 6) is -0.0503. The summed E-state index contributed by atoms with van der Waals surface area (Å²) in [7, 11) is 0. The number of carbonyl (C=O) groups excluding carboxylic acids is 1. The minimum atomic E-state index is -0.0503. The van der Waals surface area contributed by atoms with Gasteiger partial charge in [-0.3, -0.25) is 4.79 Å². The molecule has 0 unspecified atom stereocenters. The number of aromatic nitrogens is 1. The van der Waals surface area contributed by atoms with Crippen LogP contribution in [0.5, 0.6) is 0 Å². The molecule has 2 aromatic heterocycles. The lowest BCUT2D eigenvalue weighted by atomic mass is 10.1. The Bertz CT molecular complexity index is 965. The molecule has 0 bridgehead atoms. The Morgan fingerprint density at radius 1 is 1.26 bits per heavy atom. The normalized spacial score (nSPS) is 12.7. The number of hydrogen-bond acceptors (Lipinski definition) is 3.